The van der Waals surface area contributed by atoms with E-state index in [4.69, 9.17) is 16.3 Å². The molecule has 0 unspecified atom stereocenters. The van der Waals surface area contributed by atoms with Gasteiger partial charge in [0.25, 0.3) is 11.8 Å². The molecule has 1 atom stereocenters. The topological polar surface area (TPSA) is 105 Å². The monoisotopic (exact) mass is 479 g/mol. The Kier molecular flexibility index (Phi) is 7.30. The van der Waals surface area contributed by atoms with Gasteiger partial charge in [-0.1, -0.05) is 37.6 Å². The molecule has 0 bridgehead atoms. The zero-order chi connectivity index (χ0) is 23.5. The molecule has 1 heterocycles. The minimum absolute atomic E-state index is 0.0424. The predicted octanol–water partition coefficient (Wildman–Crippen LogP) is 3.28. The minimum atomic E-state index is -3.61. The molecule has 172 valence electrons. The first-order chi connectivity index (χ1) is 15.1. The van der Waals surface area contributed by atoms with Crippen molar-refractivity contribution in [3.05, 3.63) is 53.1 Å². The van der Waals surface area contributed by atoms with Crippen LogP contribution >= 0.6 is 11.6 Å². The van der Waals surface area contributed by atoms with Crippen LogP contribution in [0.25, 0.3) is 0 Å². The number of nitrogens with one attached hydrogen (secondary N) is 2. The van der Waals surface area contributed by atoms with Crippen LogP contribution in [0.2, 0.25) is 5.02 Å². The van der Waals surface area contributed by atoms with Crippen molar-refractivity contribution in [2.24, 2.45) is 5.92 Å². The number of hydrogen-bond acceptors (Lipinski definition) is 5. The summed E-state index contributed by atoms with van der Waals surface area (Å²) in [5.74, 6) is -0.253. The van der Waals surface area contributed by atoms with Gasteiger partial charge in [0.1, 0.15) is 5.75 Å². The van der Waals surface area contributed by atoms with Gasteiger partial charge in [0.2, 0.25) is 10.0 Å². The highest BCUT2D eigenvalue weighted by molar-refractivity contribution is 7.92. The third-order valence-corrected chi connectivity index (χ3v) is 6.26. The Bertz CT molecular complexity index is 1120. The van der Waals surface area contributed by atoms with Gasteiger partial charge < -0.3 is 15.4 Å². The summed E-state index contributed by atoms with van der Waals surface area (Å²) in [7, 11) is -3.61. The Morgan fingerprint density at radius 3 is 2.62 bits per heavy atom. The molecule has 0 aliphatic carbocycles. The molecular formula is C22H26ClN3O5S. The van der Waals surface area contributed by atoms with Crippen LogP contribution in [0.3, 0.4) is 0 Å². The average molecular weight is 480 g/mol. The number of para-hydroxylation sites is 1. The Balaban J connectivity index is 1.83. The number of anilines is 2. The maximum atomic E-state index is 13.0. The zero-order valence-corrected chi connectivity index (χ0v) is 19.7. The lowest BCUT2D eigenvalue weighted by atomic mass is 10.1. The van der Waals surface area contributed by atoms with Crippen molar-refractivity contribution in [3.8, 4) is 5.75 Å². The third kappa shape index (κ3) is 5.72. The molecule has 0 spiro atoms. The summed E-state index contributed by atoms with van der Waals surface area (Å²) >= 11 is 6.05. The SMILES string of the molecule is CC(C)CNC(=O)c1ccccc1NC(=O)[C@@H]1CCN(S(C)(=O)=O)c2cc(Cl)ccc2O1. The van der Waals surface area contributed by atoms with Crippen LogP contribution < -0.4 is 19.7 Å². The number of ether oxygens (including phenoxy) is 1. The molecule has 3 rings (SSSR count). The van der Waals surface area contributed by atoms with Crippen molar-refractivity contribution in [3.63, 3.8) is 0 Å². The van der Waals surface area contributed by atoms with Gasteiger partial charge in [-0.25, -0.2) is 8.42 Å². The summed E-state index contributed by atoms with van der Waals surface area (Å²) in [5, 5.41) is 5.94. The maximum Gasteiger partial charge on any atom is 0.265 e. The molecule has 0 saturated carbocycles. The molecule has 0 aromatic heterocycles. The summed E-state index contributed by atoms with van der Waals surface area (Å²) < 4.78 is 31.6. The summed E-state index contributed by atoms with van der Waals surface area (Å²) in [6.45, 7) is 4.53. The van der Waals surface area contributed by atoms with Crippen molar-refractivity contribution in [1.82, 2.24) is 5.32 Å². The smallest absolute Gasteiger partial charge is 0.265 e. The summed E-state index contributed by atoms with van der Waals surface area (Å²) in [6, 6.07) is 11.3. The van der Waals surface area contributed by atoms with Crippen molar-refractivity contribution in [1.29, 1.82) is 0 Å². The highest BCUT2D eigenvalue weighted by Gasteiger charge is 2.32. The van der Waals surface area contributed by atoms with Gasteiger partial charge in [-0.2, -0.15) is 0 Å². The second-order valence-corrected chi connectivity index (χ2v) is 10.3. The van der Waals surface area contributed by atoms with Crippen molar-refractivity contribution in [2.45, 2.75) is 26.4 Å². The third-order valence-electron chi connectivity index (χ3n) is 4.85. The second-order valence-electron chi connectivity index (χ2n) is 7.98. The Morgan fingerprint density at radius 2 is 1.94 bits per heavy atom. The number of amides is 2. The average Bonchev–Trinajstić information content (AvgIpc) is 2.91. The second kappa shape index (κ2) is 9.79. The number of sulfonamides is 1. The lowest BCUT2D eigenvalue weighted by Gasteiger charge is -2.21. The summed E-state index contributed by atoms with van der Waals surface area (Å²) in [4.78, 5) is 25.6. The lowest BCUT2D eigenvalue weighted by molar-refractivity contribution is -0.122. The number of hydrogen-bond donors (Lipinski definition) is 2. The van der Waals surface area contributed by atoms with Gasteiger partial charge in [-0.15, -0.1) is 0 Å². The molecule has 0 fully saturated rings. The van der Waals surface area contributed by atoms with E-state index >= 15 is 0 Å². The van der Waals surface area contributed by atoms with E-state index in [0.717, 1.165) is 6.26 Å². The maximum absolute atomic E-state index is 13.0. The first-order valence-corrected chi connectivity index (χ1v) is 12.4. The van der Waals surface area contributed by atoms with E-state index < -0.39 is 22.0 Å². The highest BCUT2D eigenvalue weighted by atomic mass is 35.5. The fraction of sp³-hybridized carbons (Fsp3) is 0.364. The lowest BCUT2D eigenvalue weighted by Crippen LogP contribution is -2.36. The van der Waals surface area contributed by atoms with Gasteiger partial charge in [-0.3, -0.25) is 13.9 Å². The van der Waals surface area contributed by atoms with E-state index in [0.29, 0.717) is 22.8 Å². The number of fused-ring (bicyclic) bond motifs is 1. The van der Waals surface area contributed by atoms with Crippen LogP contribution in [0.15, 0.2) is 42.5 Å². The molecule has 2 N–H and O–H groups in total. The number of benzene rings is 2. The summed E-state index contributed by atoms with van der Waals surface area (Å²) in [5.41, 5.74) is 0.965. The first kappa shape index (κ1) is 23.9. The first-order valence-electron chi connectivity index (χ1n) is 10.2. The van der Waals surface area contributed by atoms with Crippen LogP contribution in [-0.2, 0) is 14.8 Å². The molecule has 1 aliphatic heterocycles. The van der Waals surface area contributed by atoms with Gasteiger partial charge in [0.05, 0.1) is 23.2 Å². The molecule has 0 saturated heterocycles. The number of nitrogens with zero attached hydrogens (tertiary/aromatic N) is 1. The minimum Gasteiger partial charge on any atom is -0.478 e. The van der Waals surface area contributed by atoms with E-state index in [-0.39, 0.29) is 36.2 Å². The van der Waals surface area contributed by atoms with E-state index in [1.54, 1.807) is 30.3 Å². The van der Waals surface area contributed by atoms with E-state index in [1.807, 2.05) is 13.8 Å². The predicted molar refractivity (Wildman–Crippen MR) is 125 cm³/mol. The van der Waals surface area contributed by atoms with Crippen LogP contribution in [0.5, 0.6) is 5.75 Å². The van der Waals surface area contributed by atoms with E-state index in [1.165, 1.54) is 16.4 Å². The van der Waals surface area contributed by atoms with Crippen LogP contribution in [0.4, 0.5) is 11.4 Å². The van der Waals surface area contributed by atoms with Crippen molar-refractivity contribution < 1.29 is 22.7 Å². The van der Waals surface area contributed by atoms with E-state index in [2.05, 4.69) is 10.6 Å². The molecule has 2 amide bonds. The fourth-order valence-electron chi connectivity index (χ4n) is 3.28. The van der Waals surface area contributed by atoms with Gasteiger partial charge in [0.15, 0.2) is 6.10 Å². The zero-order valence-electron chi connectivity index (χ0n) is 18.1. The molecule has 0 radical (unpaired) electrons. The Hall–Kier alpha value is -2.78. The number of halogens is 1. The molecule has 2 aromatic rings. The molecule has 1 aliphatic rings. The molecule has 10 heteroatoms. The van der Waals surface area contributed by atoms with Crippen LogP contribution in [0, 0.1) is 5.92 Å². The largest absolute Gasteiger partial charge is 0.478 e. The molecular weight excluding hydrogens is 454 g/mol. The Morgan fingerprint density at radius 1 is 1.22 bits per heavy atom. The number of rotatable bonds is 6. The fourth-order valence-corrected chi connectivity index (χ4v) is 4.38. The standard InChI is InChI=1S/C22H26ClN3O5S/c1-14(2)13-24-21(27)16-6-4-5-7-17(16)25-22(28)20-10-11-26(32(3,29)30)18-12-15(23)8-9-19(18)31-20/h4-9,12,14,20H,10-11,13H2,1-3H3,(H,24,27)(H,25,28)/t20-/m0/s1. The van der Waals surface area contributed by atoms with Crippen molar-refractivity contribution >= 4 is 44.8 Å². The van der Waals surface area contributed by atoms with Crippen LogP contribution in [0.1, 0.15) is 30.6 Å². The quantitative estimate of drug-likeness (QED) is 0.661. The number of carbonyl (C=O) groups excluding carboxylic acids is 2. The Labute approximate surface area is 192 Å². The van der Waals surface area contributed by atoms with Gasteiger partial charge >= 0.3 is 0 Å². The van der Waals surface area contributed by atoms with E-state index in [9.17, 15) is 18.0 Å². The van der Waals surface area contributed by atoms with Gasteiger partial charge in [0, 0.05) is 24.5 Å². The van der Waals surface area contributed by atoms with Crippen LogP contribution in [-0.4, -0.2) is 45.7 Å². The number of carbonyl (C=O) groups is 2. The highest BCUT2D eigenvalue weighted by Crippen LogP contribution is 2.36. The molecule has 8 nitrogen and oxygen atoms in total. The summed E-state index contributed by atoms with van der Waals surface area (Å²) in [6.07, 6.45) is 0.241. The van der Waals surface area contributed by atoms with Gasteiger partial charge in [-0.05, 0) is 36.2 Å². The molecule has 32 heavy (non-hydrogen) atoms. The van der Waals surface area contributed by atoms with Crippen molar-refractivity contribution in [2.75, 3.05) is 29.0 Å². The normalized spacial score (nSPS) is 16.0. The molecule has 2 aromatic carbocycles.